The number of amides is 1. The molecule has 2 aromatic carbocycles. The van der Waals surface area contributed by atoms with E-state index in [1.807, 2.05) is 18.2 Å². The number of carbonyl (C=O) groups is 2. The van der Waals surface area contributed by atoms with Gasteiger partial charge in [0.1, 0.15) is 6.04 Å². The van der Waals surface area contributed by atoms with Crippen molar-refractivity contribution in [2.45, 2.75) is 13.0 Å². The van der Waals surface area contributed by atoms with Crippen LogP contribution in [-0.2, 0) is 4.79 Å². The molecule has 2 aromatic rings. The zero-order valence-corrected chi connectivity index (χ0v) is 11.2. The van der Waals surface area contributed by atoms with Gasteiger partial charge in [0, 0.05) is 5.56 Å². The van der Waals surface area contributed by atoms with Crippen molar-refractivity contribution in [1.29, 1.82) is 0 Å². The van der Waals surface area contributed by atoms with Crippen LogP contribution in [0.15, 0.2) is 54.6 Å². The predicted octanol–water partition coefficient (Wildman–Crippen LogP) is 2.53. The van der Waals surface area contributed by atoms with E-state index >= 15 is 0 Å². The standard InChI is InChI=1S/C16H16N2O2/c1-11(19)13-9-5-6-10-14(13)18-16(20)15(17)12-7-3-2-4-8-12/h2-10,15H,17H2,1H3,(H,18,20). The summed E-state index contributed by atoms with van der Waals surface area (Å²) in [5.74, 6) is -0.445. The van der Waals surface area contributed by atoms with E-state index in [2.05, 4.69) is 5.32 Å². The maximum atomic E-state index is 12.1. The number of para-hydroxylation sites is 1. The van der Waals surface area contributed by atoms with Crippen molar-refractivity contribution >= 4 is 17.4 Å². The van der Waals surface area contributed by atoms with E-state index in [-0.39, 0.29) is 11.7 Å². The van der Waals surface area contributed by atoms with Gasteiger partial charge in [-0.05, 0) is 24.6 Å². The van der Waals surface area contributed by atoms with E-state index < -0.39 is 6.04 Å². The van der Waals surface area contributed by atoms with Crippen LogP contribution >= 0.6 is 0 Å². The normalized spacial score (nSPS) is 11.7. The summed E-state index contributed by atoms with van der Waals surface area (Å²) in [7, 11) is 0. The van der Waals surface area contributed by atoms with Gasteiger partial charge in [-0.25, -0.2) is 0 Å². The molecule has 0 heterocycles. The van der Waals surface area contributed by atoms with Gasteiger partial charge < -0.3 is 11.1 Å². The Morgan fingerprint density at radius 1 is 1.00 bits per heavy atom. The third-order valence-corrected chi connectivity index (χ3v) is 3.01. The third kappa shape index (κ3) is 3.10. The smallest absolute Gasteiger partial charge is 0.245 e. The lowest BCUT2D eigenvalue weighted by atomic mass is 10.1. The van der Waals surface area contributed by atoms with Crippen molar-refractivity contribution in [3.05, 3.63) is 65.7 Å². The van der Waals surface area contributed by atoms with E-state index in [0.717, 1.165) is 5.56 Å². The Labute approximate surface area is 117 Å². The first-order valence-electron chi connectivity index (χ1n) is 6.31. The maximum Gasteiger partial charge on any atom is 0.245 e. The average Bonchev–Trinajstić information content (AvgIpc) is 2.47. The highest BCUT2D eigenvalue weighted by Gasteiger charge is 2.17. The van der Waals surface area contributed by atoms with Gasteiger partial charge in [-0.1, -0.05) is 42.5 Å². The second-order valence-corrected chi connectivity index (χ2v) is 4.48. The molecule has 0 saturated heterocycles. The van der Waals surface area contributed by atoms with E-state index in [1.54, 1.807) is 36.4 Å². The molecule has 0 saturated carbocycles. The Bertz CT molecular complexity index is 623. The van der Waals surface area contributed by atoms with Gasteiger partial charge in [-0.15, -0.1) is 0 Å². The van der Waals surface area contributed by atoms with Gasteiger partial charge >= 0.3 is 0 Å². The van der Waals surface area contributed by atoms with Gasteiger partial charge in [0.2, 0.25) is 5.91 Å². The summed E-state index contributed by atoms with van der Waals surface area (Å²) in [6, 6.07) is 15.2. The van der Waals surface area contributed by atoms with Crippen LogP contribution in [0.4, 0.5) is 5.69 Å². The molecule has 0 spiro atoms. The number of Topliss-reactive ketones (excluding diaryl/α,β-unsaturated/α-hetero) is 1. The summed E-state index contributed by atoms with van der Waals surface area (Å²) in [5.41, 5.74) is 7.60. The summed E-state index contributed by atoms with van der Waals surface area (Å²) < 4.78 is 0. The maximum absolute atomic E-state index is 12.1. The first-order valence-corrected chi connectivity index (χ1v) is 6.31. The van der Waals surface area contributed by atoms with Crippen LogP contribution in [0.25, 0.3) is 0 Å². The summed E-state index contributed by atoms with van der Waals surface area (Å²) in [6.07, 6.45) is 0. The highest BCUT2D eigenvalue weighted by Crippen LogP contribution is 2.18. The Kier molecular flexibility index (Phi) is 4.27. The fourth-order valence-corrected chi connectivity index (χ4v) is 1.92. The van der Waals surface area contributed by atoms with Gasteiger partial charge in [0.25, 0.3) is 0 Å². The van der Waals surface area contributed by atoms with Crippen molar-refractivity contribution in [2.24, 2.45) is 5.73 Å². The average molecular weight is 268 g/mol. The summed E-state index contributed by atoms with van der Waals surface area (Å²) in [6.45, 7) is 1.46. The zero-order valence-electron chi connectivity index (χ0n) is 11.2. The number of hydrogen-bond donors (Lipinski definition) is 2. The molecular formula is C16H16N2O2. The molecule has 0 fully saturated rings. The molecule has 0 aliphatic carbocycles. The quantitative estimate of drug-likeness (QED) is 0.837. The molecule has 0 radical (unpaired) electrons. The Balaban J connectivity index is 2.18. The first kappa shape index (κ1) is 14.0. The first-order chi connectivity index (χ1) is 9.59. The molecule has 2 rings (SSSR count). The lowest BCUT2D eigenvalue weighted by Crippen LogP contribution is -2.28. The number of nitrogens with two attached hydrogens (primary N) is 1. The summed E-state index contributed by atoms with van der Waals surface area (Å²) in [5, 5.41) is 2.71. The highest BCUT2D eigenvalue weighted by atomic mass is 16.2. The van der Waals surface area contributed by atoms with Crippen molar-refractivity contribution in [2.75, 3.05) is 5.32 Å². The van der Waals surface area contributed by atoms with Crippen molar-refractivity contribution in [3.63, 3.8) is 0 Å². The van der Waals surface area contributed by atoms with Gasteiger partial charge in [-0.2, -0.15) is 0 Å². The van der Waals surface area contributed by atoms with Gasteiger partial charge in [0.05, 0.1) is 5.69 Å². The van der Waals surface area contributed by atoms with Crippen LogP contribution in [0.2, 0.25) is 0 Å². The van der Waals surface area contributed by atoms with Crippen LogP contribution in [0.5, 0.6) is 0 Å². The fraction of sp³-hybridized carbons (Fsp3) is 0.125. The number of rotatable bonds is 4. The molecule has 0 aliphatic rings. The number of carbonyl (C=O) groups excluding carboxylic acids is 2. The minimum Gasteiger partial charge on any atom is -0.324 e. The van der Waals surface area contributed by atoms with Crippen molar-refractivity contribution < 1.29 is 9.59 Å². The number of nitrogens with one attached hydrogen (secondary N) is 1. The van der Waals surface area contributed by atoms with E-state index in [4.69, 9.17) is 5.73 Å². The minimum atomic E-state index is -0.767. The van der Waals surface area contributed by atoms with E-state index in [9.17, 15) is 9.59 Å². The third-order valence-electron chi connectivity index (χ3n) is 3.01. The zero-order chi connectivity index (χ0) is 14.5. The summed E-state index contributed by atoms with van der Waals surface area (Å²) in [4.78, 5) is 23.6. The predicted molar refractivity (Wildman–Crippen MR) is 78.4 cm³/mol. The Morgan fingerprint density at radius 2 is 1.60 bits per heavy atom. The van der Waals surface area contributed by atoms with Gasteiger partial charge in [0.15, 0.2) is 5.78 Å². The number of anilines is 1. The highest BCUT2D eigenvalue weighted by molar-refractivity contribution is 6.04. The molecule has 102 valence electrons. The van der Waals surface area contributed by atoms with Crippen LogP contribution in [-0.4, -0.2) is 11.7 Å². The molecule has 0 aliphatic heterocycles. The van der Waals surface area contributed by atoms with E-state index in [1.165, 1.54) is 6.92 Å². The topological polar surface area (TPSA) is 72.2 Å². The Hall–Kier alpha value is -2.46. The molecule has 1 atom stereocenters. The number of hydrogen-bond acceptors (Lipinski definition) is 3. The van der Waals surface area contributed by atoms with Crippen molar-refractivity contribution in [3.8, 4) is 0 Å². The van der Waals surface area contributed by atoms with Crippen LogP contribution < -0.4 is 11.1 Å². The molecule has 1 amide bonds. The van der Waals surface area contributed by atoms with Crippen LogP contribution in [0.3, 0.4) is 0 Å². The minimum absolute atomic E-state index is 0.103. The number of benzene rings is 2. The molecule has 4 nitrogen and oxygen atoms in total. The molecule has 0 bridgehead atoms. The Morgan fingerprint density at radius 3 is 2.25 bits per heavy atom. The van der Waals surface area contributed by atoms with Crippen LogP contribution in [0.1, 0.15) is 28.9 Å². The summed E-state index contributed by atoms with van der Waals surface area (Å²) >= 11 is 0. The molecule has 3 N–H and O–H groups in total. The SMILES string of the molecule is CC(=O)c1ccccc1NC(=O)C(N)c1ccccc1. The monoisotopic (exact) mass is 268 g/mol. The molecule has 4 heteroatoms. The van der Waals surface area contributed by atoms with Crippen LogP contribution in [0, 0.1) is 0 Å². The van der Waals surface area contributed by atoms with Crippen molar-refractivity contribution in [1.82, 2.24) is 0 Å². The van der Waals surface area contributed by atoms with E-state index in [0.29, 0.717) is 11.3 Å². The molecule has 1 unspecified atom stereocenters. The number of ketones is 1. The second-order valence-electron chi connectivity index (χ2n) is 4.48. The fourth-order valence-electron chi connectivity index (χ4n) is 1.92. The lowest BCUT2D eigenvalue weighted by Gasteiger charge is -2.14. The lowest BCUT2D eigenvalue weighted by molar-refractivity contribution is -0.117. The molecule has 20 heavy (non-hydrogen) atoms. The van der Waals surface area contributed by atoms with Gasteiger partial charge in [-0.3, -0.25) is 9.59 Å². The molecule has 0 aromatic heterocycles. The second kappa shape index (κ2) is 6.12. The largest absolute Gasteiger partial charge is 0.324 e. The molecular weight excluding hydrogens is 252 g/mol.